The Balaban J connectivity index is 2.04. The van der Waals surface area contributed by atoms with E-state index in [-0.39, 0.29) is 30.5 Å². The number of aromatic hydroxyl groups is 1. The van der Waals surface area contributed by atoms with Gasteiger partial charge in [0.1, 0.15) is 0 Å². The smallest absolute Gasteiger partial charge is 0.281 e. The lowest BCUT2D eigenvalue weighted by atomic mass is 9.92. The Kier molecular flexibility index (Phi) is 8.85. The van der Waals surface area contributed by atoms with Gasteiger partial charge in [0.2, 0.25) is 0 Å². The van der Waals surface area contributed by atoms with Crippen LogP contribution in [0.4, 0.5) is 11.4 Å². The van der Waals surface area contributed by atoms with Crippen molar-refractivity contribution >= 4 is 21.5 Å². The fourth-order valence-electron chi connectivity index (χ4n) is 5.07. The fourth-order valence-corrected chi connectivity index (χ4v) is 6.04. The van der Waals surface area contributed by atoms with E-state index in [2.05, 4.69) is 10.2 Å². The van der Waals surface area contributed by atoms with Crippen molar-refractivity contribution in [2.75, 3.05) is 33.7 Å². The average molecular weight is 499 g/mol. The predicted octanol–water partition coefficient (Wildman–Crippen LogP) is 0.392. The van der Waals surface area contributed by atoms with Crippen LogP contribution in [-0.4, -0.2) is 78.6 Å². The van der Waals surface area contributed by atoms with Gasteiger partial charge in [-0.15, -0.1) is 5.11 Å². The first-order valence-electron chi connectivity index (χ1n) is 12.1. The molecular weight excluding hydrogens is 460 g/mol. The molecule has 192 valence electrons. The van der Waals surface area contributed by atoms with E-state index < -0.39 is 27.0 Å². The van der Waals surface area contributed by atoms with E-state index in [1.54, 1.807) is 6.92 Å². The van der Waals surface area contributed by atoms with E-state index in [1.165, 1.54) is 4.57 Å². The van der Waals surface area contributed by atoms with Crippen LogP contribution in [-0.2, 0) is 16.7 Å². The molecule has 2 aliphatic rings. The van der Waals surface area contributed by atoms with Gasteiger partial charge in [0.05, 0.1) is 34.5 Å². The Bertz CT molecular complexity index is 1050. The number of azo groups is 1. The van der Waals surface area contributed by atoms with Crippen molar-refractivity contribution in [1.29, 1.82) is 0 Å². The maximum absolute atomic E-state index is 13.4. The summed E-state index contributed by atoms with van der Waals surface area (Å²) in [6, 6.07) is -1.18. The molecule has 0 radical (unpaired) electrons. The molecule has 12 heteroatoms. The van der Waals surface area contributed by atoms with Crippen LogP contribution in [0, 0.1) is 6.92 Å². The first-order valence-corrected chi connectivity index (χ1v) is 13.5. The van der Waals surface area contributed by atoms with Gasteiger partial charge in [-0.05, 0) is 72.5 Å². The Morgan fingerprint density at radius 2 is 1.91 bits per heavy atom. The highest BCUT2D eigenvalue weighted by atomic mass is 32.2. The molecule has 0 bridgehead atoms. The summed E-state index contributed by atoms with van der Waals surface area (Å²) in [7, 11) is -0.694. The third-order valence-electron chi connectivity index (χ3n) is 6.93. The van der Waals surface area contributed by atoms with Crippen molar-refractivity contribution in [2.24, 2.45) is 16.0 Å². The SMILES string of the molecule is Cc1c([NH+]2CCCCC2)c(O)n(CCCN(C)C)c(=O)c1N=NC1CC(N)CCC1S(=O)(=O)[O-]. The van der Waals surface area contributed by atoms with E-state index in [0.29, 0.717) is 30.6 Å². The topological polar surface area (TPSA) is 158 Å². The largest absolute Gasteiger partial charge is 0.748 e. The molecule has 1 aromatic heterocycles. The quantitative estimate of drug-likeness (QED) is 0.345. The number of rotatable bonds is 8. The van der Waals surface area contributed by atoms with Gasteiger partial charge >= 0.3 is 0 Å². The van der Waals surface area contributed by atoms with Gasteiger partial charge in [-0.3, -0.25) is 14.3 Å². The summed E-state index contributed by atoms with van der Waals surface area (Å²) in [5.74, 6) is -0.0446. The molecule has 1 aliphatic heterocycles. The third-order valence-corrected chi connectivity index (χ3v) is 8.22. The molecule has 1 aliphatic carbocycles. The summed E-state index contributed by atoms with van der Waals surface area (Å²) in [6.45, 7) is 4.48. The summed E-state index contributed by atoms with van der Waals surface area (Å²) in [5, 5.41) is 18.3. The number of nitrogens with two attached hydrogens (primary N) is 1. The second-order valence-electron chi connectivity index (χ2n) is 9.84. The van der Waals surface area contributed by atoms with Crippen molar-refractivity contribution in [3.63, 3.8) is 0 Å². The van der Waals surface area contributed by atoms with Crippen molar-refractivity contribution in [3.8, 4) is 5.88 Å². The number of quaternary nitrogens is 1. The second kappa shape index (κ2) is 11.3. The lowest BCUT2D eigenvalue weighted by molar-refractivity contribution is -0.838. The maximum Gasteiger partial charge on any atom is 0.281 e. The lowest BCUT2D eigenvalue weighted by Crippen LogP contribution is -3.08. The number of hydrogen-bond donors (Lipinski definition) is 3. The normalized spacial score (nSPS) is 24.8. The predicted molar refractivity (Wildman–Crippen MR) is 128 cm³/mol. The van der Waals surface area contributed by atoms with Crippen LogP contribution in [0.15, 0.2) is 15.0 Å². The van der Waals surface area contributed by atoms with Crippen LogP contribution in [0.5, 0.6) is 5.88 Å². The van der Waals surface area contributed by atoms with Gasteiger partial charge in [0.15, 0.2) is 11.4 Å². The molecule has 3 unspecified atom stereocenters. The van der Waals surface area contributed by atoms with Crippen molar-refractivity contribution in [1.82, 2.24) is 9.47 Å². The van der Waals surface area contributed by atoms with Crippen LogP contribution < -0.4 is 16.2 Å². The van der Waals surface area contributed by atoms with Crippen LogP contribution >= 0.6 is 0 Å². The van der Waals surface area contributed by atoms with Gasteiger partial charge in [0.25, 0.3) is 11.4 Å². The first-order chi connectivity index (χ1) is 16.0. The maximum atomic E-state index is 13.4. The van der Waals surface area contributed by atoms with E-state index in [9.17, 15) is 22.9 Å². The molecule has 0 spiro atoms. The molecule has 11 nitrogen and oxygen atoms in total. The van der Waals surface area contributed by atoms with Crippen molar-refractivity contribution in [2.45, 2.75) is 75.7 Å². The average Bonchev–Trinajstić information content (AvgIpc) is 2.76. The molecule has 34 heavy (non-hydrogen) atoms. The minimum atomic E-state index is -4.57. The van der Waals surface area contributed by atoms with Gasteiger partial charge in [0, 0.05) is 18.2 Å². The third kappa shape index (κ3) is 6.22. The van der Waals surface area contributed by atoms with Crippen molar-refractivity contribution < 1.29 is 23.0 Å². The minimum absolute atomic E-state index is 0.0446. The number of aromatic nitrogens is 1. The molecule has 1 aromatic rings. The standard InChI is InChI=1S/C22H38N6O5S/c1-15-19(25-24-17-14-16(23)8-9-18(17)34(31,32)33)21(29)28(13-7-10-26(2)3)22(30)20(15)27-11-5-4-6-12-27/h16-18,30H,4-14,23H2,1-3H3,(H,31,32,33). The molecule has 0 amide bonds. The van der Waals surface area contributed by atoms with Crippen LogP contribution in [0.3, 0.4) is 0 Å². The second-order valence-corrected chi connectivity index (χ2v) is 11.4. The van der Waals surface area contributed by atoms with E-state index in [4.69, 9.17) is 5.73 Å². The molecule has 1 saturated carbocycles. The Morgan fingerprint density at radius 3 is 2.53 bits per heavy atom. The van der Waals surface area contributed by atoms with E-state index >= 15 is 0 Å². The Labute approximate surface area is 201 Å². The van der Waals surface area contributed by atoms with Crippen LogP contribution in [0.1, 0.15) is 50.5 Å². The molecule has 2 fully saturated rings. The molecule has 3 rings (SSSR count). The summed E-state index contributed by atoms with van der Waals surface area (Å²) in [6.07, 6.45) is 4.60. The van der Waals surface area contributed by atoms with E-state index in [1.807, 2.05) is 19.0 Å². The van der Waals surface area contributed by atoms with Crippen molar-refractivity contribution in [3.05, 3.63) is 15.9 Å². The monoisotopic (exact) mass is 498 g/mol. The van der Waals surface area contributed by atoms with Gasteiger partial charge in [-0.1, -0.05) is 0 Å². The van der Waals surface area contributed by atoms with Crippen LogP contribution in [0.2, 0.25) is 0 Å². The van der Waals surface area contributed by atoms with Gasteiger partial charge in [-0.25, -0.2) is 8.42 Å². The minimum Gasteiger partial charge on any atom is -0.748 e. The Hall–Kier alpha value is -1.86. The number of nitrogens with one attached hydrogen (secondary N) is 1. The highest BCUT2D eigenvalue weighted by molar-refractivity contribution is 7.86. The highest BCUT2D eigenvalue weighted by Crippen LogP contribution is 2.31. The Morgan fingerprint density at radius 1 is 1.24 bits per heavy atom. The molecule has 2 heterocycles. The molecule has 0 aromatic carbocycles. The summed E-state index contributed by atoms with van der Waals surface area (Å²) in [4.78, 5) is 16.5. The van der Waals surface area contributed by atoms with Gasteiger partial charge in [-0.2, -0.15) is 5.11 Å². The first kappa shape index (κ1) is 26.7. The molecule has 4 N–H and O–H groups in total. The number of hydrogen-bond acceptors (Lipinski definition) is 9. The van der Waals surface area contributed by atoms with E-state index in [0.717, 1.165) is 43.8 Å². The zero-order chi connectivity index (χ0) is 25.0. The zero-order valence-corrected chi connectivity index (χ0v) is 21.2. The fraction of sp³-hybridized carbons (Fsp3) is 0.773. The molecular formula is C22H38N6O5S. The lowest BCUT2D eigenvalue weighted by Gasteiger charge is -2.32. The molecule has 3 atom stereocenters. The summed E-state index contributed by atoms with van der Waals surface area (Å²) in [5.41, 5.74) is 6.79. The number of piperidine rings is 1. The summed E-state index contributed by atoms with van der Waals surface area (Å²) < 4.78 is 36.7. The number of nitrogens with zero attached hydrogens (tertiary/aromatic N) is 4. The van der Waals surface area contributed by atoms with Crippen LogP contribution in [0.25, 0.3) is 0 Å². The number of pyridine rings is 1. The highest BCUT2D eigenvalue weighted by Gasteiger charge is 2.34. The summed E-state index contributed by atoms with van der Waals surface area (Å²) >= 11 is 0. The molecule has 1 saturated heterocycles. The zero-order valence-electron chi connectivity index (χ0n) is 20.4. The van der Waals surface area contributed by atoms with Gasteiger partial charge < -0.3 is 20.3 Å².